The second-order valence-electron chi connectivity index (χ2n) is 6.13. The van der Waals surface area contributed by atoms with E-state index in [1.807, 2.05) is 4.90 Å². The van der Waals surface area contributed by atoms with Gasteiger partial charge in [-0.15, -0.1) is 0 Å². The molecule has 0 aromatic carbocycles. The van der Waals surface area contributed by atoms with Gasteiger partial charge in [-0.05, 0) is 19.3 Å². The topological polar surface area (TPSA) is 76.9 Å². The summed E-state index contributed by atoms with van der Waals surface area (Å²) in [6.07, 6.45) is 3.25. The van der Waals surface area contributed by atoms with E-state index in [9.17, 15) is 9.59 Å². The zero-order valence-electron chi connectivity index (χ0n) is 14.1. The quantitative estimate of drug-likeness (QED) is 0.789. The van der Waals surface area contributed by atoms with Crippen molar-refractivity contribution in [2.45, 2.75) is 19.3 Å². The van der Waals surface area contributed by atoms with Gasteiger partial charge in [0.05, 0.1) is 13.2 Å². The summed E-state index contributed by atoms with van der Waals surface area (Å²) in [5.74, 6) is 0.278. The molecule has 1 aromatic heterocycles. The summed E-state index contributed by atoms with van der Waals surface area (Å²) in [6.45, 7) is 3.80. The van der Waals surface area contributed by atoms with E-state index in [0.717, 1.165) is 25.9 Å². The molecule has 0 aliphatic carbocycles. The lowest BCUT2D eigenvalue weighted by atomic mass is 10.1. The monoisotopic (exact) mass is 336 g/mol. The van der Waals surface area contributed by atoms with Crippen LogP contribution in [-0.4, -0.2) is 77.4 Å². The van der Waals surface area contributed by atoms with Crippen molar-refractivity contribution in [3.05, 3.63) is 11.8 Å². The molecule has 132 valence electrons. The minimum absolute atomic E-state index is 0.0587. The summed E-state index contributed by atoms with van der Waals surface area (Å²) >= 11 is 0. The molecule has 2 amide bonds. The van der Waals surface area contributed by atoms with Gasteiger partial charge in [0.15, 0.2) is 12.3 Å². The number of amides is 2. The van der Waals surface area contributed by atoms with Crippen molar-refractivity contribution in [3.63, 3.8) is 0 Å². The fraction of sp³-hybridized carbons (Fsp3) is 0.688. The molecule has 8 nitrogen and oxygen atoms in total. The number of hydrogen-bond acceptors (Lipinski definition) is 5. The number of ether oxygens (including phenoxy) is 2. The van der Waals surface area contributed by atoms with E-state index in [1.54, 1.807) is 18.0 Å². The molecule has 3 rings (SSSR count). The average Bonchev–Trinajstić information content (AvgIpc) is 3.01. The van der Waals surface area contributed by atoms with Crippen molar-refractivity contribution >= 4 is 11.8 Å². The van der Waals surface area contributed by atoms with Gasteiger partial charge < -0.3 is 19.3 Å². The summed E-state index contributed by atoms with van der Waals surface area (Å²) in [7, 11) is 1.71. The number of rotatable bonds is 4. The van der Waals surface area contributed by atoms with Gasteiger partial charge in [-0.1, -0.05) is 0 Å². The number of aromatic nitrogens is 2. The Balaban J connectivity index is 1.57. The van der Waals surface area contributed by atoms with Crippen molar-refractivity contribution in [2.75, 3.05) is 46.0 Å². The first-order chi connectivity index (χ1) is 11.6. The molecule has 2 saturated heterocycles. The molecule has 2 fully saturated rings. The second-order valence-corrected chi connectivity index (χ2v) is 6.13. The van der Waals surface area contributed by atoms with Crippen LogP contribution in [0.3, 0.4) is 0 Å². The lowest BCUT2D eigenvalue weighted by molar-refractivity contribution is -0.137. The first kappa shape index (κ1) is 16.8. The number of likely N-dealkylation sites (tertiary alicyclic amines) is 1. The molecular weight excluding hydrogens is 312 g/mol. The van der Waals surface area contributed by atoms with Gasteiger partial charge in [-0.2, -0.15) is 5.10 Å². The van der Waals surface area contributed by atoms with Crippen LogP contribution in [0, 0.1) is 0 Å². The van der Waals surface area contributed by atoms with Crippen LogP contribution in [0.25, 0.3) is 0 Å². The number of carbonyl (C=O) groups is 2. The third kappa shape index (κ3) is 3.87. The lowest BCUT2D eigenvalue weighted by Gasteiger charge is -2.26. The number of aryl methyl sites for hydroxylation is 1. The summed E-state index contributed by atoms with van der Waals surface area (Å²) in [5.41, 5.74) is 0.369. The largest absolute Gasteiger partial charge is 0.468 e. The Morgan fingerprint density at radius 3 is 2.54 bits per heavy atom. The highest BCUT2D eigenvalue weighted by molar-refractivity contribution is 5.92. The van der Waals surface area contributed by atoms with Crippen LogP contribution in [0.2, 0.25) is 0 Å². The molecular formula is C16H24N4O4. The van der Waals surface area contributed by atoms with E-state index in [1.165, 1.54) is 11.1 Å². The van der Waals surface area contributed by atoms with E-state index >= 15 is 0 Å². The molecule has 1 aromatic rings. The van der Waals surface area contributed by atoms with Crippen molar-refractivity contribution in [3.8, 4) is 5.88 Å². The normalized spacial score (nSPS) is 18.5. The predicted octanol–water partition coefficient (Wildman–Crippen LogP) is 0.284. The molecule has 0 saturated carbocycles. The van der Waals surface area contributed by atoms with Gasteiger partial charge in [0, 0.05) is 39.3 Å². The van der Waals surface area contributed by atoms with Gasteiger partial charge >= 0.3 is 0 Å². The van der Waals surface area contributed by atoms with Crippen molar-refractivity contribution in [1.29, 1.82) is 0 Å². The van der Waals surface area contributed by atoms with Crippen LogP contribution in [-0.2, 0) is 16.6 Å². The third-order valence-electron chi connectivity index (χ3n) is 4.41. The highest BCUT2D eigenvalue weighted by Crippen LogP contribution is 2.17. The number of piperidine rings is 1. The Kier molecular flexibility index (Phi) is 5.34. The zero-order chi connectivity index (χ0) is 16.9. The van der Waals surface area contributed by atoms with Gasteiger partial charge in [-0.3, -0.25) is 9.59 Å². The number of carbonyl (C=O) groups excluding carboxylic acids is 2. The fourth-order valence-electron chi connectivity index (χ4n) is 2.99. The molecule has 24 heavy (non-hydrogen) atoms. The smallest absolute Gasteiger partial charge is 0.274 e. The van der Waals surface area contributed by atoms with E-state index in [4.69, 9.17) is 9.47 Å². The molecule has 2 aliphatic heterocycles. The molecule has 0 bridgehead atoms. The summed E-state index contributed by atoms with van der Waals surface area (Å²) in [6, 6.07) is 1.61. The molecule has 0 spiro atoms. The molecule has 2 aliphatic rings. The molecule has 0 N–H and O–H groups in total. The van der Waals surface area contributed by atoms with E-state index in [2.05, 4.69) is 5.10 Å². The predicted molar refractivity (Wildman–Crippen MR) is 85.9 cm³/mol. The molecule has 0 radical (unpaired) electrons. The SMILES string of the molecule is Cn1nc(C(=O)N2CCCCC2)cc1OCC(=O)N1CCOCC1. The van der Waals surface area contributed by atoms with Gasteiger partial charge in [-0.25, -0.2) is 4.68 Å². The Bertz CT molecular complexity index is 589. The Morgan fingerprint density at radius 1 is 1.12 bits per heavy atom. The highest BCUT2D eigenvalue weighted by Gasteiger charge is 2.23. The van der Waals surface area contributed by atoms with E-state index < -0.39 is 0 Å². The van der Waals surface area contributed by atoms with Gasteiger partial charge in [0.25, 0.3) is 11.8 Å². The number of nitrogens with zero attached hydrogens (tertiary/aromatic N) is 4. The van der Waals surface area contributed by atoms with Crippen LogP contribution < -0.4 is 4.74 Å². The maximum absolute atomic E-state index is 12.5. The van der Waals surface area contributed by atoms with Crippen LogP contribution in [0.15, 0.2) is 6.07 Å². The molecule has 0 unspecified atom stereocenters. The Hall–Kier alpha value is -2.09. The van der Waals surface area contributed by atoms with Crippen LogP contribution in [0.5, 0.6) is 5.88 Å². The zero-order valence-corrected chi connectivity index (χ0v) is 14.1. The summed E-state index contributed by atoms with van der Waals surface area (Å²) < 4.78 is 12.3. The van der Waals surface area contributed by atoms with Crippen molar-refractivity contribution < 1.29 is 19.1 Å². The highest BCUT2D eigenvalue weighted by atomic mass is 16.5. The molecule has 3 heterocycles. The first-order valence-corrected chi connectivity index (χ1v) is 8.47. The van der Waals surface area contributed by atoms with E-state index in [0.29, 0.717) is 37.9 Å². The molecule has 8 heteroatoms. The molecule has 0 atom stereocenters. The van der Waals surface area contributed by atoms with Crippen molar-refractivity contribution in [1.82, 2.24) is 19.6 Å². The Labute approximate surface area is 141 Å². The third-order valence-corrected chi connectivity index (χ3v) is 4.41. The van der Waals surface area contributed by atoms with Crippen LogP contribution in [0.4, 0.5) is 0 Å². The number of morpholine rings is 1. The van der Waals surface area contributed by atoms with E-state index in [-0.39, 0.29) is 18.4 Å². The maximum Gasteiger partial charge on any atom is 0.274 e. The van der Waals surface area contributed by atoms with Crippen molar-refractivity contribution in [2.24, 2.45) is 7.05 Å². The Morgan fingerprint density at radius 2 is 1.83 bits per heavy atom. The standard InChI is InChI=1S/C16H24N4O4/c1-18-15(24-12-14(21)19-7-9-23-10-8-19)11-13(17-18)16(22)20-5-3-2-4-6-20/h11H,2-10,12H2,1H3. The second kappa shape index (κ2) is 7.65. The first-order valence-electron chi connectivity index (χ1n) is 8.47. The summed E-state index contributed by atoms with van der Waals surface area (Å²) in [4.78, 5) is 28.1. The van der Waals surface area contributed by atoms with Gasteiger partial charge in [0.1, 0.15) is 0 Å². The minimum Gasteiger partial charge on any atom is -0.468 e. The fourth-order valence-corrected chi connectivity index (χ4v) is 2.99. The lowest BCUT2D eigenvalue weighted by Crippen LogP contribution is -2.43. The van der Waals surface area contributed by atoms with Gasteiger partial charge in [0.2, 0.25) is 5.88 Å². The van der Waals surface area contributed by atoms with Crippen LogP contribution >= 0.6 is 0 Å². The summed E-state index contributed by atoms with van der Waals surface area (Å²) in [5, 5.41) is 4.23. The average molecular weight is 336 g/mol. The number of hydrogen-bond donors (Lipinski definition) is 0. The minimum atomic E-state index is -0.0802. The van der Waals surface area contributed by atoms with Crippen LogP contribution in [0.1, 0.15) is 29.8 Å². The maximum atomic E-state index is 12.5.